The van der Waals surface area contributed by atoms with Gasteiger partial charge >= 0.3 is 0 Å². The van der Waals surface area contributed by atoms with Gasteiger partial charge in [-0.1, -0.05) is 29.8 Å². The van der Waals surface area contributed by atoms with E-state index in [4.69, 9.17) is 17.3 Å². The van der Waals surface area contributed by atoms with Gasteiger partial charge in [-0.3, -0.25) is 14.4 Å². The lowest BCUT2D eigenvalue weighted by molar-refractivity contribution is -0.116. The average Bonchev–Trinajstić information content (AvgIpc) is 2.76. The third kappa shape index (κ3) is 6.87. The fourth-order valence-corrected chi connectivity index (χ4v) is 3.91. The SMILES string of the molecule is CC(Sc1cccc(NC(=O)Cc2ccc(Cl)cc2)c1)C(=O)Nc1ccc(C(N)=O)cc1. The summed E-state index contributed by atoms with van der Waals surface area (Å²) in [7, 11) is 0. The Kier molecular flexibility index (Phi) is 7.92. The highest BCUT2D eigenvalue weighted by molar-refractivity contribution is 8.00. The molecule has 0 fully saturated rings. The maximum Gasteiger partial charge on any atom is 0.248 e. The van der Waals surface area contributed by atoms with Crippen molar-refractivity contribution in [1.29, 1.82) is 0 Å². The van der Waals surface area contributed by atoms with E-state index >= 15 is 0 Å². The first kappa shape index (κ1) is 23.4. The molecule has 0 spiro atoms. The standard InChI is InChI=1S/C24H22ClN3O3S/c1-15(24(31)28-19-11-7-17(8-12-19)23(26)30)32-21-4-2-3-20(14-21)27-22(29)13-16-5-9-18(25)10-6-16/h2-12,14-15H,13H2,1H3,(H2,26,30)(H,27,29)(H,28,31). The van der Waals surface area contributed by atoms with Crippen LogP contribution in [0, 0.1) is 0 Å². The number of thioether (sulfide) groups is 1. The summed E-state index contributed by atoms with van der Waals surface area (Å²) in [6, 6.07) is 20.9. The van der Waals surface area contributed by atoms with E-state index in [1.54, 1.807) is 49.4 Å². The van der Waals surface area contributed by atoms with E-state index in [0.717, 1.165) is 10.5 Å². The van der Waals surface area contributed by atoms with Crippen molar-refractivity contribution >= 4 is 52.5 Å². The van der Waals surface area contributed by atoms with E-state index in [-0.39, 0.29) is 23.5 Å². The minimum Gasteiger partial charge on any atom is -0.366 e. The third-order valence-corrected chi connectivity index (χ3v) is 5.86. The zero-order chi connectivity index (χ0) is 23.1. The minimum absolute atomic E-state index is 0.139. The van der Waals surface area contributed by atoms with Crippen LogP contribution in [0.1, 0.15) is 22.8 Å². The lowest BCUT2D eigenvalue weighted by atomic mass is 10.1. The normalized spacial score (nSPS) is 11.4. The first-order chi connectivity index (χ1) is 15.3. The predicted molar refractivity (Wildman–Crippen MR) is 129 cm³/mol. The van der Waals surface area contributed by atoms with Crippen LogP contribution in [0.2, 0.25) is 5.02 Å². The van der Waals surface area contributed by atoms with Crippen molar-refractivity contribution in [3.8, 4) is 0 Å². The summed E-state index contributed by atoms with van der Waals surface area (Å²) >= 11 is 7.25. The van der Waals surface area contributed by atoms with Crippen molar-refractivity contribution in [2.75, 3.05) is 10.6 Å². The zero-order valence-electron chi connectivity index (χ0n) is 17.3. The van der Waals surface area contributed by atoms with E-state index in [0.29, 0.717) is 22.0 Å². The Hall–Kier alpha value is -3.29. The van der Waals surface area contributed by atoms with Gasteiger partial charge in [-0.2, -0.15) is 0 Å². The number of anilines is 2. The number of hydrogen-bond acceptors (Lipinski definition) is 4. The molecular weight excluding hydrogens is 446 g/mol. The van der Waals surface area contributed by atoms with Crippen LogP contribution in [0.5, 0.6) is 0 Å². The Balaban J connectivity index is 1.55. The van der Waals surface area contributed by atoms with Crippen molar-refractivity contribution in [2.45, 2.75) is 23.5 Å². The molecule has 4 N–H and O–H groups in total. The molecule has 0 bridgehead atoms. The summed E-state index contributed by atoms with van der Waals surface area (Å²) in [5.74, 6) is -0.842. The number of nitrogens with two attached hydrogens (primary N) is 1. The molecule has 3 rings (SSSR count). The Bertz CT molecular complexity index is 1120. The fourth-order valence-electron chi connectivity index (χ4n) is 2.86. The van der Waals surface area contributed by atoms with Crippen LogP contribution in [-0.4, -0.2) is 23.0 Å². The van der Waals surface area contributed by atoms with Crippen molar-refractivity contribution in [3.05, 3.63) is 88.9 Å². The summed E-state index contributed by atoms with van der Waals surface area (Å²) in [5.41, 5.74) is 7.70. The van der Waals surface area contributed by atoms with Gasteiger partial charge in [-0.25, -0.2) is 0 Å². The Morgan fingerprint density at radius 2 is 1.62 bits per heavy atom. The molecule has 0 heterocycles. The Morgan fingerprint density at radius 1 is 0.938 bits per heavy atom. The number of hydrogen-bond donors (Lipinski definition) is 3. The summed E-state index contributed by atoms with van der Waals surface area (Å²) in [4.78, 5) is 36.8. The van der Waals surface area contributed by atoms with E-state index in [1.165, 1.54) is 11.8 Å². The number of benzene rings is 3. The first-order valence-electron chi connectivity index (χ1n) is 9.82. The summed E-state index contributed by atoms with van der Waals surface area (Å²) in [6.45, 7) is 1.80. The van der Waals surface area contributed by atoms with Gasteiger partial charge in [0.1, 0.15) is 0 Å². The summed E-state index contributed by atoms with van der Waals surface area (Å²) in [6.07, 6.45) is 0.238. The van der Waals surface area contributed by atoms with Crippen LogP contribution >= 0.6 is 23.4 Å². The molecule has 0 aliphatic carbocycles. The molecule has 3 aromatic rings. The van der Waals surface area contributed by atoms with Crippen molar-refractivity contribution in [2.24, 2.45) is 5.73 Å². The zero-order valence-corrected chi connectivity index (χ0v) is 18.9. The monoisotopic (exact) mass is 467 g/mol. The number of carbonyl (C=O) groups excluding carboxylic acids is 3. The molecule has 0 aliphatic rings. The molecule has 32 heavy (non-hydrogen) atoms. The molecule has 0 radical (unpaired) electrons. The average molecular weight is 468 g/mol. The number of nitrogens with one attached hydrogen (secondary N) is 2. The van der Waals surface area contributed by atoms with Gasteiger partial charge in [0.05, 0.1) is 11.7 Å². The highest BCUT2D eigenvalue weighted by Crippen LogP contribution is 2.27. The molecule has 1 unspecified atom stereocenters. The van der Waals surface area contributed by atoms with E-state index in [9.17, 15) is 14.4 Å². The van der Waals surface area contributed by atoms with Crippen LogP contribution in [0.4, 0.5) is 11.4 Å². The molecule has 3 aromatic carbocycles. The third-order valence-electron chi connectivity index (χ3n) is 4.51. The molecule has 6 nitrogen and oxygen atoms in total. The predicted octanol–water partition coefficient (Wildman–Crippen LogP) is 4.74. The Labute approximate surface area is 195 Å². The lowest BCUT2D eigenvalue weighted by Crippen LogP contribution is -2.22. The maximum absolute atomic E-state index is 12.5. The number of rotatable bonds is 8. The molecule has 0 aliphatic heterocycles. The van der Waals surface area contributed by atoms with Crippen LogP contribution < -0.4 is 16.4 Å². The van der Waals surface area contributed by atoms with Gasteiger partial charge in [0.15, 0.2) is 0 Å². The second-order valence-corrected chi connectivity index (χ2v) is 8.92. The highest BCUT2D eigenvalue weighted by Gasteiger charge is 2.15. The van der Waals surface area contributed by atoms with E-state index in [2.05, 4.69) is 10.6 Å². The second kappa shape index (κ2) is 10.8. The van der Waals surface area contributed by atoms with Gasteiger partial charge in [0.2, 0.25) is 17.7 Å². The molecule has 164 valence electrons. The van der Waals surface area contributed by atoms with E-state index in [1.807, 2.05) is 30.3 Å². The van der Waals surface area contributed by atoms with Gasteiger partial charge in [-0.15, -0.1) is 11.8 Å². The molecule has 1 atom stereocenters. The number of halogens is 1. The van der Waals surface area contributed by atoms with E-state index < -0.39 is 5.91 Å². The molecule has 8 heteroatoms. The van der Waals surface area contributed by atoms with Gasteiger partial charge in [0, 0.05) is 26.9 Å². The van der Waals surface area contributed by atoms with Crippen molar-refractivity contribution in [3.63, 3.8) is 0 Å². The quantitative estimate of drug-likeness (QED) is 0.416. The van der Waals surface area contributed by atoms with Crippen LogP contribution in [-0.2, 0) is 16.0 Å². The smallest absolute Gasteiger partial charge is 0.248 e. The number of carbonyl (C=O) groups is 3. The summed E-state index contributed by atoms with van der Waals surface area (Å²) < 4.78 is 0. The highest BCUT2D eigenvalue weighted by atomic mass is 35.5. The molecule has 0 saturated heterocycles. The molecule has 0 aromatic heterocycles. The van der Waals surface area contributed by atoms with Gasteiger partial charge in [0.25, 0.3) is 0 Å². The minimum atomic E-state index is -0.521. The van der Waals surface area contributed by atoms with Crippen molar-refractivity contribution in [1.82, 2.24) is 0 Å². The second-order valence-electron chi connectivity index (χ2n) is 7.07. The topological polar surface area (TPSA) is 101 Å². The van der Waals surface area contributed by atoms with Crippen LogP contribution in [0.3, 0.4) is 0 Å². The molecule has 0 saturated carbocycles. The maximum atomic E-state index is 12.5. The lowest BCUT2D eigenvalue weighted by Gasteiger charge is -2.13. The Morgan fingerprint density at radius 3 is 2.28 bits per heavy atom. The molecular formula is C24H22ClN3O3S. The molecule has 3 amide bonds. The van der Waals surface area contributed by atoms with Crippen LogP contribution in [0.25, 0.3) is 0 Å². The number of primary amides is 1. The number of amides is 3. The van der Waals surface area contributed by atoms with Crippen molar-refractivity contribution < 1.29 is 14.4 Å². The summed E-state index contributed by atoms with van der Waals surface area (Å²) in [5, 5.41) is 5.93. The largest absolute Gasteiger partial charge is 0.366 e. The van der Waals surface area contributed by atoms with Crippen LogP contribution in [0.15, 0.2) is 77.7 Å². The first-order valence-corrected chi connectivity index (χ1v) is 11.1. The van der Waals surface area contributed by atoms with Gasteiger partial charge < -0.3 is 16.4 Å². The fraction of sp³-hybridized carbons (Fsp3) is 0.125. The van der Waals surface area contributed by atoms with Gasteiger partial charge in [-0.05, 0) is 67.1 Å².